The zero-order valence-corrected chi connectivity index (χ0v) is 22.0. The van der Waals surface area contributed by atoms with E-state index >= 15 is 0 Å². The average molecular weight is 516 g/mol. The van der Waals surface area contributed by atoms with Gasteiger partial charge in [0.25, 0.3) is 5.91 Å². The summed E-state index contributed by atoms with van der Waals surface area (Å²) in [5.74, 6) is 0.923. The lowest BCUT2D eigenvalue weighted by Crippen LogP contribution is -2.36. The number of amidine groups is 1. The Morgan fingerprint density at radius 3 is 2.60 bits per heavy atom. The highest BCUT2D eigenvalue weighted by atomic mass is 35.5. The third-order valence-electron chi connectivity index (χ3n) is 5.90. The highest BCUT2D eigenvalue weighted by Crippen LogP contribution is 2.40. The molecule has 35 heavy (non-hydrogen) atoms. The number of hydrogen-bond acceptors (Lipinski definition) is 7. The summed E-state index contributed by atoms with van der Waals surface area (Å²) in [5.41, 5.74) is 2.69. The maximum absolute atomic E-state index is 12.9. The Balaban J connectivity index is 1.53. The molecule has 2 saturated heterocycles. The van der Waals surface area contributed by atoms with Gasteiger partial charge in [-0.15, -0.1) is 0 Å². The number of morpholine rings is 1. The van der Waals surface area contributed by atoms with Crippen molar-refractivity contribution in [3.63, 3.8) is 0 Å². The van der Waals surface area contributed by atoms with E-state index in [4.69, 9.17) is 30.8 Å². The van der Waals surface area contributed by atoms with Gasteiger partial charge in [0.1, 0.15) is 0 Å². The summed E-state index contributed by atoms with van der Waals surface area (Å²) in [6, 6.07) is 11.7. The predicted molar refractivity (Wildman–Crippen MR) is 143 cm³/mol. The van der Waals surface area contributed by atoms with Crippen LogP contribution in [0.15, 0.2) is 46.3 Å². The van der Waals surface area contributed by atoms with E-state index in [0.717, 1.165) is 49.7 Å². The van der Waals surface area contributed by atoms with Gasteiger partial charge >= 0.3 is 0 Å². The van der Waals surface area contributed by atoms with Crippen LogP contribution in [0.5, 0.6) is 11.5 Å². The number of carbonyl (C=O) groups excluding carboxylic acids is 1. The number of benzene rings is 2. The van der Waals surface area contributed by atoms with E-state index in [9.17, 15) is 4.79 Å². The summed E-state index contributed by atoms with van der Waals surface area (Å²) in [6.07, 6.45) is 2.66. The number of thioether (sulfide) groups is 1. The number of ether oxygens (including phenoxy) is 3. The van der Waals surface area contributed by atoms with E-state index < -0.39 is 0 Å². The molecule has 186 valence electrons. The minimum absolute atomic E-state index is 0.00734. The van der Waals surface area contributed by atoms with Crippen molar-refractivity contribution in [3.05, 3.63) is 51.9 Å². The van der Waals surface area contributed by atoms with Crippen LogP contribution in [0.4, 0.5) is 11.4 Å². The van der Waals surface area contributed by atoms with Gasteiger partial charge in [-0.25, -0.2) is 4.99 Å². The number of aliphatic imine (C=N–C) groups is 1. The van der Waals surface area contributed by atoms with Crippen molar-refractivity contribution in [3.8, 4) is 11.5 Å². The minimum atomic E-state index is -0.117. The Kier molecular flexibility index (Phi) is 8.26. The van der Waals surface area contributed by atoms with E-state index in [1.165, 1.54) is 11.8 Å². The van der Waals surface area contributed by atoms with E-state index in [1.54, 1.807) is 31.2 Å². The van der Waals surface area contributed by atoms with Crippen LogP contribution < -0.4 is 14.4 Å². The number of amides is 1. The fraction of sp³-hybridized carbons (Fsp3) is 0.385. The second-order valence-electron chi connectivity index (χ2n) is 8.36. The molecule has 1 amide bonds. The first kappa shape index (κ1) is 25.4. The Labute approximate surface area is 215 Å². The molecule has 1 atom stereocenters. The molecule has 2 aromatic carbocycles. The van der Waals surface area contributed by atoms with Crippen LogP contribution in [0, 0.1) is 0 Å². The van der Waals surface area contributed by atoms with E-state index in [-0.39, 0.29) is 12.0 Å². The fourth-order valence-corrected chi connectivity index (χ4v) is 4.95. The Morgan fingerprint density at radius 1 is 1.23 bits per heavy atom. The van der Waals surface area contributed by atoms with Crippen LogP contribution in [0.2, 0.25) is 5.02 Å². The normalized spacial score (nSPS) is 19.5. The summed E-state index contributed by atoms with van der Waals surface area (Å²) >= 11 is 7.83. The molecule has 0 aromatic heterocycles. The fourth-order valence-electron chi connectivity index (χ4n) is 3.70. The lowest BCUT2D eigenvalue weighted by atomic mass is 10.1. The summed E-state index contributed by atoms with van der Waals surface area (Å²) in [6.45, 7) is 7.28. The van der Waals surface area contributed by atoms with Crippen molar-refractivity contribution in [2.75, 3.05) is 45.4 Å². The first-order valence-corrected chi connectivity index (χ1v) is 12.8. The largest absolute Gasteiger partial charge is 0.493 e. The number of carbonyl (C=O) groups is 1. The second-order valence-corrected chi connectivity index (χ2v) is 9.77. The van der Waals surface area contributed by atoms with Gasteiger partial charge in [0.15, 0.2) is 16.7 Å². The van der Waals surface area contributed by atoms with Crippen LogP contribution in [0.25, 0.3) is 6.08 Å². The van der Waals surface area contributed by atoms with E-state index in [0.29, 0.717) is 26.6 Å². The van der Waals surface area contributed by atoms with Gasteiger partial charge in [-0.05, 0) is 73.1 Å². The molecule has 4 rings (SSSR count). The minimum Gasteiger partial charge on any atom is -0.493 e. The molecule has 0 spiro atoms. The summed E-state index contributed by atoms with van der Waals surface area (Å²) < 4.78 is 16.9. The molecule has 0 bridgehead atoms. The van der Waals surface area contributed by atoms with Crippen molar-refractivity contribution in [2.24, 2.45) is 4.99 Å². The number of halogens is 1. The third-order valence-corrected chi connectivity index (χ3v) is 7.24. The van der Waals surface area contributed by atoms with Crippen LogP contribution in [0.1, 0.15) is 25.8 Å². The van der Waals surface area contributed by atoms with E-state index in [1.807, 2.05) is 32.0 Å². The molecule has 0 saturated carbocycles. The highest BCUT2D eigenvalue weighted by molar-refractivity contribution is 8.18. The number of likely N-dealkylation sites (N-methyl/N-ethyl adjacent to an activating group) is 1. The maximum atomic E-state index is 12.9. The van der Waals surface area contributed by atoms with Crippen molar-refractivity contribution in [1.82, 2.24) is 4.90 Å². The number of hydrogen-bond donors (Lipinski definition) is 0. The number of rotatable bonds is 7. The molecule has 9 heteroatoms. The van der Waals surface area contributed by atoms with Gasteiger partial charge in [0, 0.05) is 25.8 Å². The second kappa shape index (κ2) is 11.4. The third kappa shape index (κ3) is 5.94. The van der Waals surface area contributed by atoms with Gasteiger partial charge in [-0.3, -0.25) is 9.69 Å². The van der Waals surface area contributed by atoms with Crippen LogP contribution in [-0.2, 0) is 9.53 Å². The molecular weight excluding hydrogens is 486 g/mol. The first-order chi connectivity index (χ1) is 16.9. The predicted octanol–water partition coefficient (Wildman–Crippen LogP) is 5.60. The quantitative estimate of drug-likeness (QED) is 0.447. The van der Waals surface area contributed by atoms with Crippen LogP contribution in [-0.4, -0.2) is 62.5 Å². The molecule has 0 unspecified atom stereocenters. The Morgan fingerprint density at radius 2 is 1.94 bits per heavy atom. The Hall–Kier alpha value is -2.68. The molecule has 0 N–H and O–H groups in total. The molecule has 2 aliphatic heterocycles. The molecule has 2 aromatic rings. The number of nitrogens with zero attached hydrogens (tertiary/aromatic N) is 3. The van der Waals surface area contributed by atoms with Crippen LogP contribution >= 0.6 is 23.4 Å². The summed E-state index contributed by atoms with van der Waals surface area (Å²) in [4.78, 5) is 22.0. The van der Waals surface area contributed by atoms with Crippen molar-refractivity contribution < 1.29 is 19.0 Å². The Bertz CT molecular complexity index is 1130. The maximum Gasteiger partial charge on any atom is 0.266 e. The molecule has 0 radical (unpaired) electrons. The lowest BCUT2D eigenvalue weighted by Gasteiger charge is -2.28. The molecule has 2 aliphatic rings. The number of methoxy groups -OCH3 is 1. The van der Waals surface area contributed by atoms with Gasteiger partial charge < -0.3 is 19.1 Å². The van der Waals surface area contributed by atoms with Gasteiger partial charge in [0.2, 0.25) is 0 Å². The van der Waals surface area contributed by atoms with E-state index in [2.05, 4.69) is 17.0 Å². The average Bonchev–Trinajstić information content (AvgIpc) is 3.13. The zero-order chi connectivity index (χ0) is 24.9. The topological polar surface area (TPSA) is 63.6 Å². The number of anilines is 1. The standard InChI is InChI=1S/C26H30ClN3O4S/c1-5-17(2)34-24-21(27)14-18(15-22(24)32-4)16-23-25(31)29(3)26(35-23)28-19-6-8-20(9-7-19)30-10-12-33-13-11-30/h6-9,14-17H,5,10-13H2,1-4H3/b23-16-,28-26?/t17-/m1/s1. The zero-order valence-electron chi connectivity index (χ0n) is 20.4. The SMILES string of the molecule is CC[C@@H](C)Oc1c(Cl)cc(/C=C2\SC(=Nc3ccc(N4CCOCC4)cc3)N(C)C2=O)cc1OC. The van der Waals surface area contributed by atoms with Gasteiger partial charge in [0.05, 0.1) is 42.0 Å². The highest BCUT2D eigenvalue weighted by Gasteiger charge is 2.30. The van der Waals surface area contributed by atoms with Gasteiger partial charge in [-0.2, -0.15) is 0 Å². The smallest absolute Gasteiger partial charge is 0.266 e. The summed E-state index contributed by atoms with van der Waals surface area (Å²) in [7, 11) is 3.30. The molecule has 2 heterocycles. The molecule has 7 nitrogen and oxygen atoms in total. The first-order valence-electron chi connectivity index (χ1n) is 11.6. The van der Waals surface area contributed by atoms with Gasteiger partial charge in [-0.1, -0.05) is 18.5 Å². The van der Waals surface area contributed by atoms with Crippen LogP contribution in [0.3, 0.4) is 0 Å². The van der Waals surface area contributed by atoms with Crippen molar-refractivity contribution >= 4 is 51.9 Å². The van der Waals surface area contributed by atoms with Crippen molar-refractivity contribution in [2.45, 2.75) is 26.4 Å². The molecular formula is C26H30ClN3O4S. The summed E-state index contributed by atoms with van der Waals surface area (Å²) in [5, 5.41) is 1.06. The monoisotopic (exact) mass is 515 g/mol. The lowest BCUT2D eigenvalue weighted by molar-refractivity contribution is -0.121. The van der Waals surface area contributed by atoms with Crippen molar-refractivity contribution in [1.29, 1.82) is 0 Å². The molecule has 0 aliphatic carbocycles. The molecule has 2 fully saturated rings.